The number of carbonyl (C=O) groups excluding carboxylic acids is 1. The summed E-state index contributed by atoms with van der Waals surface area (Å²) in [7, 11) is 0. The fourth-order valence-corrected chi connectivity index (χ4v) is 3.43. The molecule has 5 nitrogen and oxygen atoms in total. The molecule has 1 aliphatic carbocycles. The minimum Gasteiger partial charge on any atom is -0.481 e. The Labute approximate surface area is 138 Å². The molecule has 2 N–H and O–H groups in total. The van der Waals surface area contributed by atoms with Crippen LogP contribution in [0.2, 0.25) is 0 Å². The number of benzene rings is 1. The highest BCUT2D eigenvalue weighted by atomic mass is 19.1. The largest absolute Gasteiger partial charge is 0.481 e. The summed E-state index contributed by atoms with van der Waals surface area (Å²) in [4.78, 5) is 24.1. The van der Waals surface area contributed by atoms with E-state index >= 15 is 0 Å². The van der Waals surface area contributed by atoms with Crippen LogP contribution in [0.5, 0.6) is 0 Å². The molecular formula is C18H20FNO4. The number of amides is 1. The molecule has 24 heavy (non-hydrogen) atoms. The highest BCUT2D eigenvalue weighted by molar-refractivity contribution is 5.99. The van der Waals surface area contributed by atoms with Crippen molar-refractivity contribution in [2.45, 2.75) is 39.0 Å². The van der Waals surface area contributed by atoms with Crippen molar-refractivity contribution in [2.24, 2.45) is 5.41 Å². The van der Waals surface area contributed by atoms with Crippen molar-refractivity contribution >= 4 is 22.8 Å². The van der Waals surface area contributed by atoms with Crippen LogP contribution in [0.15, 0.2) is 22.6 Å². The van der Waals surface area contributed by atoms with Gasteiger partial charge in [0.15, 0.2) is 5.76 Å². The number of furan rings is 1. The van der Waals surface area contributed by atoms with Crippen molar-refractivity contribution in [1.29, 1.82) is 0 Å². The SMILES string of the molecule is Cc1c(C(=O)NCC2(C(=O)O)CCCCC2)oc2ccc(F)cc12. The van der Waals surface area contributed by atoms with Gasteiger partial charge in [-0.15, -0.1) is 0 Å². The lowest BCUT2D eigenvalue weighted by molar-refractivity contribution is -0.150. The summed E-state index contributed by atoms with van der Waals surface area (Å²) >= 11 is 0. The topological polar surface area (TPSA) is 79.5 Å². The molecule has 1 aromatic heterocycles. The number of carboxylic acids is 1. The first-order valence-corrected chi connectivity index (χ1v) is 8.13. The summed E-state index contributed by atoms with van der Waals surface area (Å²) in [5, 5.41) is 12.8. The standard InChI is InChI=1S/C18H20FNO4/c1-11-13-9-12(19)5-6-14(13)24-15(11)16(21)20-10-18(17(22)23)7-3-2-4-8-18/h5-6,9H,2-4,7-8,10H2,1H3,(H,20,21)(H,22,23). The maximum Gasteiger partial charge on any atom is 0.311 e. The van der Waals surface area contributed by atoms with Crippen molar-refractivity contribution < 1.29 is 23.5 Å². The highest BCUT2D eigenvalue weighted by Gasteiger charge is 2.40. The molecule has 0 spiro atoms. The average molecular weight is 333 g/mol. The van der Waals surface area contributed by atoms with Crippen LogP contribution in [0, 0.1) is 18.2 Å². The van der Waals surface area contributed by atoms with E-state index in [9.17, 15) is 19.1 Å². The lowest BCUT2D eigenvalue weighted by Crippen LogP contribution is -2.44. The van der Waals surface area contributed by atoms with E-state index in [4.69, 9.17) is 4.42 Å². The van der Waals surface area contributed by atoms with Gasteiger partial charge in [-0.25, -0.2) is 4.39 Å². The molecule has 1 aromatic carbocycles. The van der Waals surface area contributed by atoms with Gasteiger partial charge in [-0.2, -0.15) is 0 Å². The first kappa shape index (κ1) is 16.5. The van der Waals surface area contributed by atoms with Crippen molar-refractivity contribution in [3.05, 3.63) is 35.3 Å². The lowest BCUT2D eigenvalue weighted by atomic mass is 9.74. The quantitative estimate of drug-likeness (QED) is 0.895. The van der Waals surface area contributed by atoms with Crippen LogP contribution in [-0.2, 0) is 4.79 Å². The first-order chi connectivity index (χ1) is 11.4. The summed E-state index contributed by atoms with van der Waals surface area (Å²) in [5.41, 5.74) is 0.0830. The second-order valence-corrected chi connectivity index (χ2v) is 6.53. The van der Waals surface area contributed by atoms with Crippen LogP contribution in [0.1, 0.15) is 48.2 Å². The van der Waals surface area contributed by atoms with Crippen LogP contribution in [0.4, 0.5) is 4.39 Å². The molecular weight excluding hydrogens is 313 g/mol. The molecule has 0 bridgehead atoms. The first-order valence-electron chi connectivity index (χ1n) is 8.13. The number of rotatable bonds is 4. The van der Waals surface area contributed by atoms with Gasteiger partial charge in [-0.1, -0.05) is 19.3 Å². The summed E-state index contributed by atoms with van der Waals surface area (Å²) in [6, 6.07) is 4.08. The molecule has 0 aliphatic heterocycles. The Morgan fingerprint density at radius 3 is 2.67 bits per heavy atom. The highest BCUT2D eigenvalue weighted by Crippen LogP contribution is 2.36. The summed E-state index contributed by atoms with van der Waals surface area (Å²) in [6.07, 6.45) is 3.85. The number of aryl methyl sites for hydroxylation is 1. The van der Waals surface area contributed by atoms with Crippen molar-refractivity contribution in [3.8, 4) is 0 Å². The molecule has 0 atom stereocenters. The molecule has 0 unspecified atom stereocenters. The number of halogens is 1. The van der Waals surface area contributed by atoms with E-state index in [0.717, 1.165) is 19.3 Å². The van der Waals surface area contributed by atoms with Crippen LogP contribution >= 0.6 is 0 Å². The van der Waals surface area contributed by atoms with E-state index in [1.54, 1.807) is 6.92 Å². The van der Waals surface area contributed by atoms with E-state index < -0.39 is 23.1 Å². The Balaban J connectivity index is 1.80. The number of hydrogen-bond donors (Lipinski definition) is 2. The molecule has 1 fully saturated rings. The second kappa shape index (κ2) is 6.26. The number of aliphatic carboxylic acids is 1. The summed E-state index contributed by atoms with van der Waals surface area (Å²) < 4.78 is 18.9. The maximum absolute atomic E-state index is 13.3. The lowest BCUT2D eigenvalue weighted by Gasteiger charge is -2.33. The van der Waals surface area contributed by atoms with Crippen LogP contribution in [-0.4, -0.2) is 23.5 Å². The molecule has 1 saturated carbocycles. The van der Waals surface area contributed by atoms with Gasteiger partial charge in [0.2, 0.25) is 0 Å². The van der Waals surface area contributed by atoms with Gasteiger partial charge in [0, 0.05) is 17.5 Å². The normalized spacial score (nSPS) is 16.9. The van der Waals surface area contributed by atoms with Gasteiger partial charge >= 0.3 is 5.97 Å². The third-order valence-electron chi connectivity index (χ3n) is 4.96. The Morgan fingerprint density at radius 1 is 1.29 bits per heavy atom. The Bertz CT molecular complexity index is 790. The zero-order valence-corrected chi connectivity index (χ0v) is 13.5. The van der Waals surface area contributed by atoms with Crippen molar-refractivity contribution in [1.82, 2.24) is 5.32 Å². The van der Waals surface area contributed by atoms with Gasteiger partial charge in [0.1, 0.15) is 11.4 Å². The number of fused-ring (bicyclic) bond motifs is 1. The molecule has 1 amide bonds. The van der Waals surface area contributed by atoms with Gasteiger partial charge in [0.05, 0.1) is 5.41 Å². The minimum atomic E-state index is -0.903. The van der Waals surface area contributed by atoms with Crippen molar-refractivity contribution in [3.63, 3.8) is 0 Å². The van der Waals surface area contributed by atoms with Gasteiger partial charge in [-0.05, 0) is 38.0 Å². The van der Waals surface area contributed by atoms with E-state index in [1.807, 2.05) is 0 Å². The number of hydrogen-bond acceptors (Lipinski definition) is 3. The monoisotopic (exact) mass is 333 g/mol. The smallest absolute Gasteiger partial charge is 0.311 e. The predicted octanol–water partition coefficient (Wildman–Crippen LogP) is 3.65. The van der Waals surface area contributed by atoms with Crippen molar-refractivity contribution in [2.75, 3.05) is 6.54 Å². The number of carboxylic acid groups (broad SMARTS) is 1. The van der Waals surface area contributed by atoms with E-state index in [-0.39, 0.29) is 12.3 Å². The van der Waals surface area contributed by atoms with Gasteiger partial charge in [-0.3, -0.25) is 9.59 Å². The minimum absolute atomic E-state index is 0.0754. The fourth-order valence-electron chi connectivity index (χ4n) is 3.43. The molecule has 6 heteroatoms. The zero-order valence-electron chi connectivity index (χ0n) is 13.5. The van der Waals surface area contributed by atoms with E-state index in [1.165, 1.54) is 18.2 Å². The molecule has 1 heterocycles. The van der Waals surface area contributed by atoms with Gasteiger partial charge in [0.25, 0.3) is 5.91 Å². The summed E-state index contributed by atoms with van der Waals surface area (Å²) in [6.45, 7) is 1.76. The zero-order chi connectivity index (χ0) is 17.3. The molecule has 1 aliphatic rings. The van der Waals surface area contributed by atoms with E-state index in [0.29, 0.717) is 29.4 Å². The molecule has 0 radical (unpaired) electrons. The van der Waals surface area contributed by atoms with Crippen LogP contribution in [0.3, 0.4) is 0 Å². The average Bonchev–Trinajstić information content (AvgIpc) is 2.90. The molecule has 2 aromatic rings. The third-order valence-corrected chi connectivity index (χ3v) is 4.96. The summed E-state index contributed by atoms with van der Waals surface area (Å²) in [5.74, 6) is -1.63. The second-order valence-electron chi connectivity index (χ2n) is 6.53. The number of carbonyl (C=O) groups is 2. The Hall–Kier alpha value is -2.37. The Morgan fingerprint density at radius 2 is 2.00 bits per heavy atom. The Kier molecular flexibility index (Phi) is 4.30. The molecule has 3 rings (SSSR count). The molecule has 0 saturated heterocycles. The predicted molar refractivity (Wildman–Crippen MR) is 86.4 cm³/mol. The van der Waals surface area contributed by atoms with Gasteiger partial charge < -0.3 is 14.8 Å². The fraction of sp³-hybridized carbons (Fsp3) is 0.444. The number of nitrogens with one attached hydrogen (secondary N) is 1. The maximum atomic E-state index is 13.3. The van der Waals surface area contributed by atoms with Crippen LogP contribution < -0.4 is 5.32 Å². The van der Waals surface area contributed by atoms with E-state index in [2.05, 4.69) is 5.32 Å². The molecule has 128 valence electrons. The third kappa shape index (κ3) is 2.88. The van der Waals surface area contributed by atoms with Crippen LogP contribution in [0.25, 0.3) is 11.0 Å².